The molecule has 0 aliphatic rings. The summed E-state index contributed by atoms with van der Waals surface area (Å²) >= 11 is 0. The van der Waals surface area contributed by atoms with Crippen molar-refractivity contribution in [3.63, 3.8) is 0 Å². The van der Waals surface area contributed by atoms with Gasteiger partial charge in [-0.25, -0.2) is 4.79 Å². The Morgan fingerprint density at radius 2 is 1.62 bits per heavy atom. The molecule has 1 aromatic heterocycles. The highest BCUT2D eigenvalue weighted by atomic mass is 16.5. The molecule has 0 aliphatic heterocycles. The highest BCUT2D eigenvalue weighted by Gasteiger charge is 2.10. The number of benzene rings is 3. The molecule has 4 rings (SSSR count). The molecular weight excluding hydrogens is 366 g/mol. The first-order valence-electron chi connectivity index (χ1n) is 8.90. The van der Waals surface area contributed by atoms with E-state index in [1.807, 2.05) is 24.3 Å². The van der Waals surface area contributed by atoms with Crippen LogP contribution in [0.5, 0.6) is 5.75 Å². The zero-order valence-corrected chi connectivity index (χ0v) is 15.3. The number of ether oxygens (including phenoxy) is 1. The van der Waals surface area contributed by atoms with Crippen LogP contribution in [0.2, 0.25) is 0 Å². The molecule has 1 heterocycles. The number of carbonyl (C=O) groups excluding carboxylic acids is 1. The Labute approximate surface area is 166 Å². The van der Waals surface area contributed by atoms with Gasteiger partial charge in [0.15, 0.2) is 0 Å². The molecule has 0 spiro atoms. The van der Waals surface area contributed by atoms with Gasteiger partial charge in [-0.2, -0.15) is 10.4 Å². The lowest BCUT2D eigenvalue weighted by Crippen LogP contribution is -2.20. The van der Waals surface area contributed by atoms with Gasteiger partial charge in [0.05, 0.1) is 23.3 Å². The minimum atomic E-state index is -0.488. The van der Waals surface area contributed by atoms with Crippen LogP contribution in [0.15, 0.2) is 83.8 Å². The Bertz CT molecular complexity index is 1280. The molecule has 0 radical (unpaired) electrons. The lowest BCUT2D eigenvalue weighted by molar-refractivity contribution is -0.135. The van der Waals surface area contributed by atoms with Gasteiger partial charge in [-0.15, -0.1) is 0 Å². The van der Waals surface area contributed by atoms with E-state index in [0.29, 0.717) is 22.2 Å². The number of nitriles is 1. The molecule has 0 N–H and O–H groups in total. The molecule has 0 atom stereocenters. The first-order chi connectivity index (χ1) is 14.1. The summed E-state index contributed by atoms with van der Waals surface area (Å²) in [7, 11) is 0. The molecule has 3 aromatic carbocycles. The summed E-state index contributed by atoms with van der Waals surface area (Å²) in [5.41, 5.74) is 2.90. The summed E-state index contributed by atoms with van der Waals surface area (Å²) in [4.78, 5) is 24.2. The van der Waals surface area contributed by atoms with Crippen molar-refractivity contribution in [2.24, 2.45) is 0 Å². The van der Waals surface area contributed by atoms with E-state index in [9.17, 15) is 9.59 Å². The van der Waals surface area contributed by atoms with Gasteiger partial charge in [-0.05, 0) is 47.5 Å². The van der Waals surface area contributed by atoms with E-state index < -0.39 is 5.97 Å². The third-order valence-electron chi connectivity index (χ3n) is 4.47. The molecule has 6 nitrogen and oxygen atoms in total. The molecule has 0 saturated carbocycles. The minimum absolute atomic E-state index is 0.113. The van der Waals surface area contributed by atoms with Gasteiger partial charge in [-0.1, -0.05) is 36.4 Å². The fourth-order valence-corrected chi connectivity index (χ4v) is 3.03. The van der Waals surface area contributed by atoms with Crippen LogP contribution < -0.4 is 10.2 Å². The summed E-state index contributed by atoms with van der Waals surface area (Å²) < 4.78 is 6.85. The number of nitrogens with zero attached hydrogens (tertiary/aromatic N) is 3. The van der Waals surface area contributed by atoms with E-state index in [-0.39, 0.29) is 12.0 Å². The maximum absolute atomic E-state index is 12.3. The maximum atomic E-state index is 12.3. The summed E-state index contributed by atoms with van der Waals surface area (Å²) in [5.74, 6) is -0.0739. The van der Waals surface area contributed by atoms with Crippen LogP contribution in [0.25, 0.3) is 22.0 Å². The molecule has 29 heavy (non-hydrogen) atoms. The quantitative estimate of drug-likeness (QED) is 0.399. The van der Waals surface area contributed by atoms with Gasteiger partial charge in [0.1, 0.15) is 12.3 Å². The Morgan fingerprint density at radius 1 is 0.966 bits per heavy atom. The van der Waals surface area contributed by atoms with Crippen LogP contribution in [0.3, 0.4) is 0 Å². The van der Waals surface area contributed by atoms with Crippen LogP contribution in [0, 0.1) is 11.3 Å². The smallest absolute Gasteiger partial charge is 0.333 e. The monoisotopic (exact) mass is 381 g/mol. The summed E-state index contributed by atoms with van der Waals surface area (Å²) in [6, 6.07) is 23.4. The Morgan fingerprint density at radius 3 is 2.31 bits per heavy atom. The number of hydrogen-bond donors (Lipinski definition) is 0. The van der Waals surface area contributed by atoms with Crippen molar-refractivity contribution < 1.29 is 9.53 Å². The summed E-state index contributed by atoms with van der Waals surface area (Å²) in [6.07, 6.45) is 1.20. The van der Waals surface area contributed by atoms with Crippen molar-refractivity contribution >= 4 is 16.9 Å². The zero-order chi connectivity index (χ0) is 20.2. The Kier molecular flexibility index (Phi) is 4.87. The molecule has 0 aliphatic carbocycles. The number of carbonyl (C=O) groups is 1. The average molecular weight is 381 g/mol. The molecule has 0 saturated heterocycles. The molecule has 0 unspecified atom stereocenters. The second-order valence-electron chi connectivity index (χ2n) is 6.37. The first-order valence-corrected chi connectivity index (χ1v) is 8.90. The van der Waals surface area contributed by atoms with E-state index in [1.54, 1.807) is 48.5 Å². The number of esters is 1. The van der Waals surface area contributed by atoms with Crippen molar-refractivity contribution in [2.75, 3.05) is 0 Å². The second kappa shape index (κ2) is 7.79. The largest absolute Gasteiger partial charge is 0.425 e. The van der Waals surface area contributed by atoms with E-state index in [4.69, 9.17) is 10.00 Å². The topological polar surface area (TPSA) is 85.0 Å². The van der Waals surface area contributed by atoms with E-state index in [2.05, 4.69) is 11.2 Å². The normalized spacial score (nSPS) is 10.4. The van der Waals surface area contributed by atoms with E-state index >= 15 is 0 Å². The zero-order valence-electron chi connectivity index (χ0n) is 15.3. The SMILES string of the molecule is N#Cc1ccc(-c2ccc(OC(=O)Cn3ncc(=O)c4ccccc43)cc2)cc1. The number of rotatable bonds is 4. The van der Waals surface area contributed by atoms with Crippen LogP contribution in [-0.2, 0) is 11.3 Å². The van der Waals surface area contributed by atoms with Crippen LogP contribution in [0.4, 0.5) is 0 Å². The highest BCUT2D eigenvalue weighted by molar-refractivity contribution is 5.80. The third-order valence-corrected chi connectivity index (χ3v) is 4.47. The molecule has 140 valence electrons. The standard InChI is InChI=1S/C23H15N3O3/c24-13-16-5-7-17(8-6-16)18-9-11-19(12-10-18)29-23(28)15-26-21-4-2-1-3-20(21)22(27)14-25-26/h1-12,14H,15H2. The third kappa shape index (κ3) is 3.89. The van der Waals surface area contributed by atoms with Crippen molar-refractivity contribution in [1.82, 2.24) is 9.78 Å². The lowest BCUT2D eigenvalue weighted by Gasteiger charge is -2.09. The fraction of sp³-hybridized carbons (Fsp3) is 0.0435. The maximum Gasteiger partial charge on any atom is 0.333 e. The first kappa shape index (κ1) is 18.1. The molecule has 4 aromatic rings. The second-order valence-corrected chi connectivity index (χ2v) is 6.37. The van der Waals surface area contributed by atoms with E-state index in [0.717, 1.165) is 11.1 Å². The van der Waals surface area contributed by atoms with Gasteiger partial charge >= 0.3 is 5.97 Å². The molecule has 0 bridgehead atoms. The van der Waals surface area contributed by atoms with Gasteiger partial charge in [0.25, 0.3) is 0 Å². The van der Waals surface area contributed by atoms with Gasteiger partial charge in [-0.3, -0.25) is 9.48 Å². The number of aromatic nitrogens is 2. The van der Waals surface area contributed by atoms with Crippen molar-refractivity contribution in [1.29, 1.82) is 5.26 Å². The van der Waals surface area contributed by atoms with Crippen molar-refractivity contribution in [2.45, 2.75) is 6.54 Å². The van der Waals surface area contributed by atoms with Gasteiger partial charge in [0, 0.05) is 5.39 Å². The number of para-hydroxylation sites is 1. The predicted octanol–water partition coefficient (Wildman–Crippen LogP) is 3.54. The Balaban J connectivity index is 1.48. The Hall–Kier alpha value is -4.24. The van der Waals surface area contributed by atoms with E-state index in [1.165, 1.54) is 10.9 Å². The van der Waals surface area contributed by atoms with Crippen molar-refractivity contribution in [3.05, 3.63) is 94.8 Å². The molecule has 6 heteroatoms. The summed E-state index contributed by atoms with van der Waals surface area (Å²) in [6.45, 7) is -0.113. The molecule has 0 fully saturated rings. The minimum Gasteiger partial charge on any atom is -0.425 e. The average Bonchev–Trinajstić information content (AvgIpc) is 2.76. The summed E-state index contributed by atoms with van der Waals surface area (Å²) in [5, 5.41) is 13.4. The number of fused-ring (bicyclic) bond motifs is 1. The predicted molar refractivity (Wildman–Crippen MR) is 108 cm³/mol. The van der Waals surface area contributed by atoms with Crippen molar-refractivity contribution in [3.8, 4) is 22.9 Å². The highest BCUT2D eigenvalue weighted by Crippen LogP contribution is 2.23. The van der Waals surface area contributed by atoms with Gasteiger partial charge < -0.3 is 4.74 Å². The molecular formula is C23H15N3O3. The van der Waals surface area contributed by atoms with Crippen LogP contribution >= 0.6 is 0 Å². The fourth-order valence-electron chi connectivity index (χ4n) is 3.03. The lowest BCUT2D eigenvalue weighted by atomic mass is 10.0. The molecule has 0 amide bonds. The van der Waals surface area contributed by atoms with Crippen LogP contribution in [-0.4, -0.2) is 15.7 Å². The number of hydrogen-bond acceptors (Lipinski definition) is 5. The van der Waals surface area contributed by atoms with Gasteiger partial charge in [0.2, 0.25) is 5.43 Å². The van der Waals surface area contributed by atoms with Crippen LogP contribution in [0.1, 0.15) is 5.56 Å².